The molecule has 1 saturated heterocycles. The lowest BCUT2D eigenvalue weighted by atomic mass is 9.97. The number of nitrogens with zero attached hydrogens (tertiary/aromatic N) is 3. The highest BCUT2D eigenvalue weighted by atomic mass is 35.5. The van der Waals surface area contributed by atoms with E-state index in [-0.39, 0.29) is 11.8 Å². The van der Waals surface area contributed by atoms with E-state index in [1.165, 1.54) is 0 Å². The number of aromatic nitrogens is 2. The predicted octanol–water partition coefficient (Wildman–Crippen LogP) is 3.98. The first-order valence-corrected chi connectivity index (χ1v) is 11.7. The fourth-order valence-electron chi connectivity index (χ4n) is 4.19. The Labute approximate surface area is 204 Å². The molecular weight excluding hydrogens is 456 g/mol. The Balaban J connectivity index is 1.27. The number of likely N-dealkylation sites (tertiary alicyclic amines) is 1. The number of amides is 1. The van der Waals surface area contributed by atoms with Crippen LogP contribution in [0.4, 0.5) is 0 Å². The Bertz CT molecular complexity index is 1120. The third kappa shape index (κ3) is 5.87. The number of methoxy groups -OCH3 is 2. The van der Waals surface area contributed by atoms with Gasteiger partial charge in [-0.3, -0.25) is 9.69 Å². The number of ether oxygens (including phenoxy) is 2. The van der Waals surface area contributed by atoms with E-state index < -0.39 is 0 Å². The molecule has 180 valence electrons. The lowest BCUT2D eigenvalue weighted by molar-refractivity contribution is -0.126. The molecule has 2 heterocycles. The van der Waals surface area contributed by atoms with Crippen LogP contribution in [0.1, 0.15) is 24.3 Å². The third-order valence-corrected chi connectivity index (χ3v) is 6.31. The zero-order chi connectivity index (χ0) is 23.9. The van der Waals surface area contributed by atoms with Gasteiger partial charge in [-0.2, -0.15) is 4.98 Å². The van der Waals surface area contributed by atoms with E-state index in [0.717, 1.165) is 36.9 Å². The average Bonchev–Trinajstić information content (AvgIpc) is 3.32. The van der Waals surface area contributed by atoms with Crippen LogP contribution in [0.3, 0.4) is 0 Å². The zero-order valence-electron chi connectivity index (χ0n) is 19.4. The smallest absolute Gasteiger partial charge is 0.241 e. The number of carbonyl (C=O) groups is 1. The highest BCUT2D eigenvalue weighted by Crippen LogP contribution is 2.28. The average molecular weight is 485 g/mol. The number of carbonyl (C=O) groups excluding carboxylic acids is 1. The summed E-state index contributed by atoms with van der Waals surface area (Å²) in [4.78, 5) is 19.5. The van der Waals surface area contributed by atoms with Gasteiger partial charge in [0.25, 0.3) is 0 Å². The van der Waals surface area contributed by atoms with Crippen molar-refractivity contribution in [2.24, 2.45) is 5.92 Å². The summed E-state index contributed by atoms with van der Waals surface area (Å²) in [5.41, 5.74) is 1.82. The van der Waals surface area contributed by atoms with Crippen LogP contribution in [-0.2, 0) is 17.8 Å². The fourth-order valence-corrected chi connectivity index (χ4v) is 4.41. The Kier molecular flexibility index (Phi) is 8.03. The summed E-state index contributed by atoms with van der Waals surface area (Å²) in [5.74, 6) is 2.38. The number of piperidine rings is 1. The first-order valence-electron chi connectivity index (χ1n) is 11.4. The van der Waals surface area contributed by atoms with Crippen molar-refractivity contribution in [2.75, 3.05) is 33.9 Å². The van der Waals surface area contributed by atoms with Crippen molar-refractivity contribution in [1.82, 2.24) is 20.4 Å². The molecule has 2 aromatic carbocycles. The second kappa shape index (κ2) is 11.4. The molecule has 8 nitrogen and oxygen atoms in total. The normalized spacial score (nSPS) is 16.3. The number of rotatable bonds is 9. The summed E-state index contributed by atoms with van der Waals surface area (Å²) in [7, 11) is 3.23. The lowest BCUT2D eigenvalue weighted by Crippen LogP contribution is -2.43. The number of benzene rings is 2. The first-order chi connectivity index (χ1) is 16.6. The molecule has 1 fully saturated rings. The molecule has 1 amide bonds. The molecule has 1 atom stereocenters. The van der Waals surface area contributed by atoms with Crippen molar-refractivity contribution in [2.45, 2.75) is 25.8 Å². The summed E-state index contributed by atoms with van der Waals surface area (Å²) >= 11 is 6.23. The van der Waals surface area contributed by atoms with Crippen LogP contribution in [-0.4, -0.2) is 54.8 Å². The molecular formula is C25H29ClN4O4. The van der Waals surface area contributed by atoms with Crippen molar-refractivity contribution in [1.29, 1.82) is 0 Å². The topological polar surface area (TPSA) is 89.7 Å². The minimum atomic E-state index is -0.0647. The van der Waals surface area contributed by atoms with E-state index in [2.05, 4.69) is 20.4 Å². The minimum absolute atomic E-state index is 0.0647. The van der Waals surface area contributed by atoms with E-state index >= 15 is 0 Å². The van der Waals surface area contributed by atoms with Crippen LogP contribution in [0.5, 0.6) is 11.5 Å². The van der Waals surface area contributed by atoms with Crippen LogP contribution in [0.25, 0.3) is 11.4 Å². The van der Waals surface area contributed by atoms with E-state index in [9.17, 15) is 4.79 Å². The maximum Gasteiger partial charge on any atom is 0.241 e. The Morgan fingerprint density at radius 1 is 1.21 bits per heavy atom. The minimum Gasteiger partial charge on any atom is -0.493 e. The van der Waals surface area contributed by atoms with Crippen molar-refractivity contribution >= 4 is 17.5 Å². The number of nitrogens with one attached hydrogen (secondary N) is 1. The third-order valence-electron chi connectivity index (χ3n) is 5.98. The van der Waals surface area contributed by atoms with Gasteiger partial charge in [0.1, 0.15) is 0 Å². The highest BCUT2D eigenvalue weighted by Gasteiger charge is 2.27. The highest BCUT2D eigenvalue weighted by molar-refractivity contribution is 6.33. The Hall–Kier alpha value is -3.10. The van der Waals surface area contributed by atoms with Gasteiger partial charge < -0.3 is 19.3 Å². The lowest BCUT2D eigenvalue weighted by Gasteiger charge is -2.30. The molecule has 1 aliphatic rings. The number of hydrogen-bond acceptors (Lipinski definition) is 7. The van der Waals surface area contributed by atoms with Gasteiger partial charge in [0.15, 0.2) is 11.5 Å². The van der Waals surface area contributed by atoms with Crippen LogP contribution >= 0.6 is 11.6 Å². The zero-order valence-corrected chi connectivity index (χ0v) is 20.2. The molecule has 0 spiro atoms. The molecule has 0 saturated carbocycles. The number of hydrogen-bond donors (Lipinski definition) is 1. The van der Waals surface area contributed by atoms with Crippen LogP contribution in [0.15, 0.2) is 47.0 Å². The van der Waals surface area contributed by atoms with E-state index in [0.29, 0.717) is 47.9 Å². The van der Waals surface area contributed by atoms with E-state index in [4.69, 9.17) is 25.6 Å². The van der Waals surface area contributed by atoms with E-state index in [1.807, 2.05) is 36.4 Å². The number of halogens is 1. The van der Waals surface area contributed by atoms with Crippen molar-refractivity contribution in [3.05, 3.63) is 58.9 Å². The molecule has 1 N–H and O–H groups in total. The second-order valence-corrected chi connectivity index (χ2v) is 8.70. The fraction of sp³-hybridized carbons (Fsp3) is 0.400. The Morgan fingerprint density at radius 2 is 2.03 bits per heavy atom. The van der Waals surface area contributed by atoms with Gasteiger partial charge >= 0.3 is 0 Å². The molecule has 1 aliphatic heterocycles. The summed E-state index contributed by atoms with van der Waals surface area (Å²) in [6.07, 6.45) is 2.53. The first kappa shape index (κ1) is 24.0. The van der Waals surface area contributed by atoms with Gasteiger partial charge in [0, 0.05) is 18.7 Å². The van der Waals surface area contributed by atoms with Gasteiger partial charge in [-0.1, -0.05) is 35.0 Å². The molecule has 9 heteroatoms. The van der Waals surface area contributed by atoms with Crippen molar-refractivity contribution in [3.63, 3.8) is 0 Å². The summed E-state index contributed by atoms with van der Waals surface area (Å²) < 4.78 is 16.1. The van der Waals surface area contributed by atoms with Crippen molar-refractivity contribution < 1.29 is 18.8 Å². The van der Waals surface area contributed by atoms with Gasteiger partial charge in [0.2, 0.25) is 17.6 Å². The van der Waals surface area contributed by atoms with Crippen LogP contribution < -0.4 is 14.8 Å². The summed E-state index contributed by atoms with van der Waals surface area (Å²) in [5, 5.41) is 7.73. The molecule has 34 heavy (non-hydrogen) atoms. The molecule has 3 aromatic rings. The second-order valence-electron chi connectivity index (χ2n) is 8.30. The standard InChI is InChI=1S/C25H29ClN4O4/c1-32-21-10-9-17(14-22(21)33-2)11-12-27-25(31)18-6-5-13-30(15-18)16-23-28-24(29-34-23)19-7-3-4-8-20(19)26/h3-4,7-10,14,18H,5-6,11-13,15-16H2,1-2H3,(H,27,31). The van der Waals surface area contributed by atoms with E-state index in [1.54, 1.807) is 20.3 Å². The molecule has 4 rings (SSSR count). The molecule has 0 radical (unpaired) electrons. The molecule has 1 unspecified atom stereocenters. The SMILES string of the molecule is COc1ccc(CCNC(=O)C2CCCN(Cc3nc(-c4ccccc4Cl)no3)C2)cc1OC. The summed E-state index contributed by atoms with van der Waals surface area (Å²) in [6.45, 7) is 2.62. The quantitative estimate of drug-likeness (QED) is 0.491. The Morgan fingerprint density at radius 3 is 2.82 bits per heavy atom. The van der Waals surface area contributed by atoms with Crippen LogP contribution in [0, 0.1) is 5.92 Å². The molecule has 0 bridgehead atoms. The largest absolute Gasteiger partial charge is 0.493 e. The molecule has 1 aromatic heterocycles. The van der Waals surface area contributed by atoms with Gasteiger partial charge in [-0.25, -0.2) is 0 Å². The van der Waals surface area contributed by atoms with Crippen LogP contribution in [0.2, 0.25) is 5.02 Å². The monoisotopic (exact) mass is 484 g/mol. The molecule has 0 aliphatic carbocycles. The predicted molar refractivity (Wildman–Crippen MR) is 129 cm³/mol. The van der Waals surface area contributed by atoms with Gasteiger partial charge in [-0.05, 0) is 55.6 Å². The summed E-state index contributed by atoms with van der Waals surface area (Å²) in [6, 6.07) is 13.2. The van der Waals surface area contributed by atoms with Gasteiger partial charge in [0.05, 0.1) is 31.7 Å². The van der Waals surface area contributed by atoms with Crippen molar-refractivity contribution in [3.8, 4) is 22.9 Å². The maximum atomic E-state index is 12.8. The maximum absolute atomic E-state index is 12.8. The van der Waals surface area contributed by atoms with Gasteiger partial charge in [-0.15, -0.1) is 0 Å².